The Morgan fingerprint density at radius 2 is 1.79 bits per heavy atom. The monoisotopic (exact) mass is 475 g/mol. The molecule has 0 saturated heterocycles. The van der Waals surface area contributed by atoms with Crippen LogP contribution < -0.4 is 10.6 Å². The molecule has 2 rings (SSSR count). The van der Waals surface area contributed by atoms with Crippen LogP contribution in [-0.2, 0) is 14.3 Å². The highest BCUT2D eigenvalue weighted by atomic mass is 16.6. The average molecular weight is 476 g/mol. The molecule has 190 valence electrons. The minimum absolute atomic E-state index is 0.0152. The summed E-state index contributed by atoms with van der Waals surface area (Å²) in [7, 11) is 0. The number of amides is 3. The first kappa shape index (κ1) is 27.5. The van der Waals surface area contributed by atoms with Crippen molar-refractivity contribution in [2.45, 2.75) is 98.0 Å². The molecule has 8 nitrogen and oxygen atoms in total. The second-order valence-electron chi connectivity index (χ2n) is 10.7. The Kier molecular flexibility index (Phi) is 8.97. The first-order valence-corrected chi connectivity index (χ1v) is 12.2. The third kappa shape index (κ3) is 7.37. The van der Waals surface area contributed by atoms with Crippen LogP contribution in [0.1, 0.15) is 79.8 Å². The topological polar surface area (TPSA) is 108 Å². The third-order valence-electron chi connectivity index (χ3n) is 5.97. The molecule has 0 aliphatic heterocycles. The van der Waals surface area contributed by atoms with Crippen LogP contribution in [0.15, 0.2) is 24.3 Å². The minimum atomic E-state index is -0.941. The highest BCUT2D eigenvalue weighted by molar-refractivity contribution is 5.93. The molecule has 1 fully saturated rings. The lowest BCUT2D eigenvalue weighted by Crippen LogP contribution is -2.56. The normalized spacial score (nSPS) is 20.1. The lowest BCUT2D eigenvalue weighted by molar-refractivity contribution is -0.144. The number of benzene rings is 1. The van der Waals surface area contributed by atoms with E-state index in [-0.39, 0.29) is 41.5 Å². The van der Waals surface area contributed by atoms with Gasteiger partial charge in [-0.1, -0.05) is 39.3 Å². The van der Waals surface area contributed by atoms with Crippen LogP contribution in [0, 0.1) is 11.8 Å². The molecule has 1 aliphatic rings. The van der Waals surface area contributed by atoms with Gasteiger partial charge >= 0.3 is 6.09 Å². The molecule has 0 heterocycles. The van der Waals surface area contributed by atoms with Gasteiger partial charge in [0.15, 0.2) is 0 Å². The van der Waals surface area contributed by atoms with E-state index in [0.29, 0.717) is 12.0 Å². The predicted molar refractivity (Wildman–Crippen MR) is 131 cm³/mol. The first-order chi connectivity index (χ1) is 15.7. The van der Waals surface area contributed by atoms with E-state index >= 15 is 0 Å². The van der Waals surface area contributed by atoms with Gasteiger partial charge in [0.2, 0.25) is 11.8 Å². The van der Waals surface area contributed by atoms with Gasteiger partial charge < -0.3 is 25.4 Å². The van der Waals surface area contributed by atoms with Crippen molar-refractivity contribution >= 4 is 17.9 Å². The van der Waals surface area contributed by atoms with E-state index in [4.69, 9.17) is 4.74 Å². The molecule has 5 atom stereocenters. The number of ether oxygens (including phenoxy) is 1. The maximum Gasteiger partial charge on any atom is 0.408 e. The van der Waals surface area contributed by atoms with Crippen molar-refractivity contribution in [1.82, 2.24) is 15.5 Å². The number of rotatable bonds is 9. The van der Waals surface area contributed by atoms with Crippen molar-refractivity contribution in [2.24, 2.45) is 11.8 Å². The number of carbonyl (C=O) groups is 3. The maximum absolute atomic E-state index is 14.1. The number of phenolic OH excluding ortho intramolecular Hbond substituents is 1. The minimum Gasteiger partial charge on any atom is -0.508 e. The predicted octanol–water partition coefficient (Wildman–Crippen LogP) is 4.13. The summed E-state index contributed by atoms with van der Waals surface area (Å²) in [4.78, 5) is 41.7. The SMILES string of the molecule is CCC(C)C(NC(=O)OC(C)(C)C)C(=O)N(C(C(=O)NC(C)C)c1cccc(O)c1)C1CC1C. The number of phenols is 1. The van der Waals surface area contributed by atoms with Crippen LogP contribution in [0.25, 0.3) is 0 Å². The summed E-state index contributed by atoms with van der Waals surface area (Å²) in [6, 6.07) is 4.34. The Morgan fingerprint density at radius 3 is 2.26 bits per heavy atom. The van der Waals surface area contributed by atoms with E-state index < -0.39 is 23.8 Å². The fourth-order valence-corrected chi connectivity index (χ4v) is 3.95. The fraction of sp³-hybridized carbons (Fsp3) is 0.654. The molecule has 0 radical (unpaired) electrons. The molecule has 1 aromatic rings. The lowest BCUT2D eigenvalue weighted by Gasteiger charge is -2.36. The zero-order chi connectivity index (χ0) is 25.8. The van der Waals surface area contributed by atoms with Crippen LogP contribution in [-0.4, -0.2) is 51.6 Å². The summed E-state index contributed by atoms with van der Waals surface area (Å²) >= 11 is 0. The van der Waals surface area contributed by atoms with Crippen LogP contribution in [0.4, 0.5) is 4.79 Å². The lowest BCUT2D eigenvalue weighted by atomic mass is 9.95. The molecular formula is C26H41N3O5. The smallest absolute Gasteiger partial charge is 0.408 e. The number of nitrogens with one attached hydrogen (secondary N) is 2. The van der Waals surface area contributed by atoms with Gasteiger partial charge in [-0.05, 0) is 70.6 Å². The Balaban J connectivity index is 2.50. The zero-order valence-corrected chi connectivity index (χ0v) is 21.7. The molecule has 34 heavy (non-hydrogen) atoms. The summed E-state index contributed by atoms with van der Waals surface area (Å²) in [5.74, 6) is -0.610. The Morgan fingerprint density at radius 1 is 1.18 bits per heavy atom. The van der Waals surface area contributed by atoms with Crippen LogP contribution in [0.3, 0.4) is 0 Å². The number of alkyl carbamates (subject to hydrolysis) is 1. The van der Waals surface area contributed by atoms with Crippen molar-refractivity contribution in [2.75, 3.05) is 0 Å². The van der Waals surface area contributed by atoms with Crippen LogP contribution >= 0.6 is 0 Å². The second-order valence-corrected chi connectivity index (χ2v) is 10.7. The Labute approximate surface area is 203 Å². The van der Waals surface area contributed by atoms with Gasteiger partial charge in [-0.3, -0.25) is 9.59 Å². The largest absolute Gasteiger partial charge is 0.508 e. The molecule has 5 unspecified atom stereocenters. The number of hydrogen-bond donors (Lipinski definition) is 3. The van der Waals surface area contributed by atoms with E-state index in [1.807, 2.05) is 34.6 Å². The Hall–Kier alpha value is -2.77. The molecule has 0 spiro atoms. The van der Waals surface area contributed by atoms with Crippen LogP contribution in [0.2, 0.25) is 0 Å². The van der Waals surface area contributed by atoms with Crippen LogP contribution in [0.5, 0.6) is 5.75 Å². The van der Waals surface area contributed by atoms with E-state index in [9.17, 15) is 19.5 Å². The summed E-state index contributed by atoms with van der Waals surface area (Å²) in [5, 5.41) is 15.8. The van der Waals surface area contributed by atoms with Gasteiger partial charge in [-0.2, -0.15) is 0 Å². The van der Waals surface area contributed by atoms with Crippen molar-refractivity contribution in [3.8, 4) is 5.75 Å². The number of carbonyl (C=O) groups excluding carboxylic acids is 3. The first-order valence-electron chi connectivity index (χ1n) is 12.2. The molecule has 0 aromatic heterocycles. The van der Waals surface area contributed by atoms with Gasteiger partial charge in [-0.25, -0.2) is 4.79 Å². The Bertz CT molecular complexity index is 879. The van der Waals surface area contributed by atoms with Gasteiger partial charge in [0.05, 0.1) is 0 Å². The highest BCUT2D eigenvalue weighted by Crippen LogP contribution is 2.41. The summed E-state index contributed by atoms with van der Waals surface area (Å²) in [6.07, 6.45) is 0.737. The summed E-state index contributed by atoms with van der Waals surface area (Å²) in [5.41, 5.74) is -0.190. The molecule has 1 aliphatic carbocycles. The van der Waals surface area contributed by atoms with Crippen molar-refractivity contribution in [1.29, 1.82) is 0 Å². The maximum atomic E-state index is 14.1. The molecule has 1 saturated carbocycles. The summed E-state index contributed by atoms with van der Waals surface area (Å²) in [6.45, 7) is 14.9. The van der Waals surface area contributed by atoms with Gasteiger partial charge in [0, 0.05) is 12.1 Å². The highest BCUT2D eigenvalue weighted by Gasteiger charge is 2.49. The molecule has 8 heteroatoms. The third-order valence-corrected chi connectivity index (χ3v) is 5.97. The van der Waals surface area contributed by atoms with Crippen molar-refractivity contribution in [3.63, 3.8) is 0 Å². The van der Waals surface area contributed by atoms with Gasteiger partial charge in [0.1, 0.15) is 23.4 Å². The molecule has 0 bridgehead atoms. The van der Waals surface area contributed by atoms with Crippen molar-refractivity contribution < 1.29 is 24.2 Å². The molecular weight excluding hydrogens is 434 g/mol. The van der Waals surface area contributed by atoms with E-state index in [1.165, 1.54) is 12.1 Å². The summed E-state index contributed by atoms with van der Waals surface area (Å²) < 4.78 is 5.42. The van der Waals surface area contributed by atoms with Crippen molar-refractivity contribution in [3.05, 3.63) is 29.8 Å². The average Bonchev–Trinajstić information content (AvgIpc) is 3.42. The second kappa shape index (κ2) is 11.1. The van der Waals surface area contributed by atoms with E-state index in [2.05, 4.69) is 10.6 Å². The molecule has 3 amide bonds. The zero-order valence-electron chi connectivity index (χ0n) is 21.7. The number of aromatic hydroxyl groups is 1. The molecule has 3 N–H and O–H groups in total. The van der Waals surface area contributed by atoms with Gasteiger partial charge in [-0.15, -0.1) is 0 Å². The van der Waals surface area contributed by atoms with Gasteiger partial charge in [0.25, 0.3) is 0 Å². The quantitative estimate of drug-likeness (QED) is 0.498. The van der Waals surface area contributed by atoms with E-state index in [0.717, 1.165) is 6.42 Å². The standard InChI is InChI=1S/C26H41N3O5/c1-9-16(4)21(28-25(33)34-26(6,7)8)24(32)29(20-13-17(20)5)22(23(31)27-15(2)3)18-11-10-12-19(30)14-18/h10-12,14-17,20-22,30H,9,13H2,1-8H3,(H,27,31)(H,28,33). The number of hydrogen-bond acceptors (Lipinski definition) is 5. The van der Waals surface area contributed by atoms with E-state index in [1.54, 1.807) is 37.8 Å². The fourth-order valence-electron chi connectivity index (χ4n) is 3.95. The molecule has 1 aromatic carbocycles. The number of nitrogens with zero attached hydrogens (tertiary/aromatic N) is 1.